The van der Waals surface area contributed by atoms with E-state index in [0.717, 1.165) is 73.3 Å². The van der Waals surface area contributed by atoms with E-state index in [0.29, 0.717) is 17.9 Å². The second-order valence-electron chi connectivity index (χ2n) is 11.4. The fourth-order valence-corrected chi connectivity index (χ4v) is 6.24. The van der Waals surface area contributed by atoms with Gasteiger partial charge >= 0.3 is 0 Å². The summed E-state index contributed by atoms with van der Waals surface area (Å²) in [6.07, 6.45) is 4.25. The van der Waals surface area contributed by atoms with Gasteiger partial charge in [0.15, 0.2) is 5.82 Å². The van der Waals surface area contributed by atoms with Crippen LogP contribution < -0.4 is 9.80 Å². The van der Waals surface area contributed by atoms with Crippen LogP contribution in [0.4, 0.5) is 11.6 Å². The number of piperidine rings is 1. The Hall–Kier alpha value is -3.39. The van der Waals surface area contributed by atoms with Crippen molar-refractivity contribution in [3.8, 4) is 11.4 Å². The Morgan fingerprint density at radius 3 is 2.71 bits per heavy atom. The van der Waals surface area contributed by atoms with Crippen LogP contribution in [-0.2, 0) is 24.8 Å². The van der Waals surface area contributed by atoms with Gasteiger partial charge in [-0.05, 0) is 36.8 Å². The number of aromatic amines is 1. The van der Waals surface area contributed by atoms with Gasteiger partial charge in [-0.2, -0.15) is 5.10 Å². The Labute approximate surface area is 225 Å². The van der Waals surface area contributed by atoms with Crippen LogP contribution in [0.15, 0.2) is 30.5 Å². The van der Waals surface area contributed by atoms with Crippen molar-refractivity contribution in [1.82, 2.24) is 24.7 Å². The first-order chi connectivity index (χ1) is 18.3. The van der Waals surface area contributed by atoms with Crippen LogP contribution in [0, 0.1) is 12.8 Å². The number of ether oxygens (including phenoxy) is 1. The number of hydrogen-bond donors (Lipinski definition) is 1. The molecule has 1 fully saturated rings. The normalized spacial score (nSPS) is 20.0. The first-order valence-electron chi connectivity index (χ1n) is 13.9. The number of methoxy groups -OCH3 is 1. The minimum atomic E-state index is 0.292. The summed E-state index contributed by atoms with van der Waals surface area (Å²) >= 11 is 0. The van der Waals surface area contributed by atoms with Gasteiger partial charge in [0.25, 0.3) is 0 Å². The number of fused-ring (bicyclic) bond motifs is 2. The molecule has 8 heteroatoms. The first-order valence-corrected chi connectivity index (χ1v) is 13.9. The molecule has 2 aliphatic rings. The lowest BCUT2D eigenvalue weighted by atomic mass is 9.95. The highest BCUT2D eigenvalue weighted by atomic mass is 16.5. The highest BCUT2D eigenvalue weighted by molar-refractivity contribution is 5.96. The van der Waals surface area contributed by atoms with E-state index < -0.39 is 0 Å². The van der Waals surface area contributed by atoms with Gasteiger partial charge in [0.05, 0.1) is 17.5 Å². The van der Waals surface area contributed by atoms with Crippen molar-refractivity contribution in [2.24, 2.45) is 13.0 Å². The van der Waals surface area contributed by atoms with E-state index in [1.807, 2.05) is 18.8 Å². The molecule has 4 aromatic rings. The third-order valence-corrected chi connectivity index (χ3v) is 8.40. The number of benzene rings is 1. The van der Waals surface area contributed by atoms with E-state index in [-0.39, 0.29) is 0 Å². The van der Waals surface area contributed by atoms with Crippen LogP contribution in [0.1, 0.15) is 55.6 Å². The minimum Gasteiger partial charge on any atom is -0.381 e. The van der Waals surface area contributed by atoms with Gasteiger partial charge in [0.2, 0.25) is 0 Å². The highest BCUT2D eigenvalue weighted by Crippen LogP contribution is 2.36. The summed E-state index contributed by atoms with van der Waals surface area (Å²) in [5.41, 5.74) is 6.98. The molecule has 0 spiro atoms. The molecule has 0 amide bonds. The summed E-state index contributed by atoms with van der Waals surface area (Å²) in [6, 6.07) is 8.62. The molecule has 5 heterocycles. The van der Waals surface area contributed by atoms with Gasteiger partial charge in [-0.15, -0.1) is 0 Å². The quantitative estimate of drug-likeness (QED) is 0.395. The first kappa shape index (κ1) is 24.9. The molecule has 0 bridgehead atoms. The van der Waals surface area contributed by atoms with Crippen LogP contribution in [-0.4, -0.2) is 57.6 Å². The second-order valence-corrected chi connectivity index (χ2v) is 11.4. The van der Waals surface area contributed by atoms with Gasteiger partial charge in [-0.1, -0.05) is 32.9 Å². The van der Waals surface area contributed by atoms with Crippen molar-refractivity contribution in [2.45, 2.75) is 59.1 Å². The van der Waals surface area contributed by atoms with Crippen molar-refractivity contribution in [2.75, 3.05) is 36.5 Å². The molecule has 2 aliphatic heterocycles. The molecule has 1 saturated heterocycles. The van der Waals surface area contributed by atoms with Crippen LogP contribution >= 0.6 is 0 Å². The maximum atomic E-state index is 5.77. The van der Waals surface area contributed by atoms with E-state index >= 15 is 0 Å². The predicted octanol–water partition coefficient (Wildman–Crippen LogP) is 5.21. The topological polar surface area (TPSA) is 75.1 Å². The molecule has 6 rings (SSSR count). The Kier molecular flexibility index (Phi) is 6.38. The van der Waals surface area contributed by atoms with Crippen molar-refractivity contribution >= 4 is 22.5 Å². The molecule has 2 atom stereocenters. The minimum absolute atomic E-state index is 0.292. The van der Waals surface area contributed by atoms with Gasteiger partial charge in [-0.3, -0.25) is 4.68 Å². The summed E-state index contributed by atoms with van der Waals surface area (Å²) < 4.78 is 7.80. The molecule has 1 N–H and O–H groups in total. The molecule has 0 unspecified atom stereocenters. The molecular formula is C30H39N7O. The van der Waals surface area contributed by atoms with Crippen molar-refractivity contribution < 1.29 is 4.74 Å². The SMILES string of the molecule is CO[C@@H]1CCN(c2nc(-c3cccc4[nH]cc(C)c34)nc3c2CN(c2cc(C(C)C)nn2C)CC3)C[C@H]1C. The largest absolute Gasteiger partial charge is 0.381 e. The number of nitrogens with zero attached hydrogens (tertiary/aromatic N) is 6. The van der Waals surface area contributed by atoms with Crippen LogP contribution in [0.3, 0.4) is 0 Å². The molecule has 1 aromatic carbocycles. The number of nitrogens with one attached hydrogen (secondary N) is 1. The van der Waals surface area contributed by atoms with Crippen LogP contribution in [0.25, 0.3) is 22.3 Å². The number of anilines is 2. The zero-order valence-electron chi connectivity index (χ0n) is 23.5. The Balaban J connectivity index is 1.45. The molecule has 38 heavy (non-hydrogen) atoms. The smallest absolute Gasteiger partial charge is 0.162 e. The third kappa shape index (κ3) is 4.25. The van der Waals surface area contributed by atoms with Crippen molar-refractivity contribution in [3.63, 3.8) is 0 Å². The molecule has 0 radical (unpaired) electrons. The lowest BCUT2D eigenvalue weighted by Gasteiger charge is -2.39. The van der Waals surface area contributed by atoms with Crippen molar-refractivity contribution in [3.05, 3.63) is 53.0 Å². The van der Waals surface area contributed by atoms with Crippen LogP contribution in [0.2, 0.25) is 0 Å². The summed E-state index contributed by atoms with van der Waals surface area (Å²) in [5, 5.41) is 5.99. The molecule has 200 valence electrons. The standard InChI is InChI=1S/C30H39N7O/c1-18(2)25-14-27(35(5)34-25)36-12-10-23-22(17-36)30(37-13-11-26(38-6)20(4)16-37)33-29(32-23)21-8-7-9-24-28(21)19(3)15-31-24/h7-9,14-15,18,20,26,31H,10-13,16-17H2,1-6H3/t20-,26-/m1/s1. The fourth-order valence-electron chi connectivity index (χ4n) is 6.24. The molecular weight excluding hydrogens is 474 g/mol. The molecule has 8 nitrogen and oxygen atoms in total. The second kappa shape index (κ2) is 9.73. The van der Waals surface area contributed by atoms with Crippen LogP contribution in [0.5, 0.6) is 0 Å². The number of H-pyrrole nitrogens is 1. The maximum absolute atomic E-state index is 5.77. The Morgan fingerprint density at radius 1 is 1.13 bits per heavy atom. The number of aryl methyl sites for hydroxylation is 2. The Bertz CT molecular complexity index is 1470. The van der Waals surface area contributed by atoms with Gasteiger partial charge in [-0.25, -0.2) is 9.97 Å². The lowest BCUT2D eigenvalue weighted by Crippen LogP contribution is -2.44. The van der Waals surface area contributed by atoms with E-state index in [1.165, 1.54) is 22.2 Å². The van der Waals surface area contributed by atoms with E-state index in [2.05, 4.69) is 72.9 Å². The lowest BCUT2D eigenvalue weighted by molar-refractivity contribution is 0.0443. The Morgan fingerprint density at radius 2 is 1.97 bits per heavy atom. The molecule has 3 aromatic heterocycles. The summed E-state index contributed by atoms with van der Waals surface area (Å²) in [4.78, 5) is 18.9. The third-order valence-electron chi connectivity index (χ3n) is 8.40. The van der Waals surface area contributed by atoms with Gasteiger partial charge in [0, 0.05) is 81.1 Å². The zero-order valence-corrected chi connectivity index (χ0v) is 23.5. The number of aromatic nitrogens is 5. The molecule has 0 saturated carbocycles. The van der Waals surface area contributed by atoms with E-state index in [9.17, 15) is 0 Å². The fraction of sp³-hybridized carbons (Fsp3) is 0.500. The predicted molar refractivity (Wildman–Crippen MR) is 153 cm³/mol. The number of hydrogen-bond acceptors (Lipinski definition) is 6. The average molecular weight is 514 g/mol. The zero-order chi connectivity index (χ0) is 26.6. The summed E-state index contributed by atoms with van der Waals surface area (Å²) in [6.45, 7) is 12.4. The van der Waals surface area contributed by atoms with E-state index in [1.54, 1.807) is 0 Å². The molecule has 0 aliphatic carbocycles. The maximum Gasteiger partial charge on any atom is 0.162 e. The van der Waals surface area contributed by atoms with Crippen molar-refractivity contribution in [1.29, 1.82) is 0 Å². The van der Waals surface area contributed by atoms with Gasteiger partial charge in [0.1, 0.15) is 11.6 Å². The van der Waals surface area contributed by atoms with Gasteiger partial charge < -0.3 is 19.5 Å². The monoisotopic (exact) mass is 513 g/mol. The number of rotatable bonds is 5. The summed E-state index contributed by atoms with van der Waals surface area (Å²) in [7, 11) is 3.88. The summed E-state index contributed by atoms with van der Waals surface area (Å²) in [5.74, 6) is 3.89. The highest BCUT2D eigenvalue weighted by Gasteiger charge is 2.32. The average Bonchev–Trinajstić information content (AvgIpc) is 3.50. The van der Waals surface area contributed by atoms with E-state index in [4.69, 9.17) is 19.8 Å².